The van der Waals surface area contributed by atoms with Crippen molar-refractivity contribution in [2.45, 2.75) is 18.9 Å². The zero-order valence-electron chi connectivity index (χ0n) is 8.69. The lowest BCUT2D eigenvalue weighted by molar-refractivity contribution is 0.0991. The van der Waals surface area contributed by atoms with Crippen molar-refractivity contribution in [2.75, 3.05) is 20.1 Å². The summed E-state index contributed by atoms with van der Waals surface area (Å²) < 4.78 is 5.71. The van der Waals surface area contributed by atoms with Gasteiger partial charge in [0.2, 0.25) is 5.88 Å². The molecule has 1 aliphatic rings. The second-order valence-corrected chi connectivity index (χ2v) is 4.23. The minimum Gasteiger partial charge on any atom is -0.472 e. The van der Waals surface area contributed by atoms with E-state index < -0.39 is 0 Å². The Morgan fingerprint density at radius 1 is 1.47 bits per heavy atom. The Labute approximate surface area is 94.2 Å². The fraction of sp³-hybridized carbons (Fsp3) is 0.600. The maximum Gasteiger partial charge on any atom is 0.233 e. The molecule has 1 unspecified atom stereocenters. The quantitative estimate of drug-likeness (QED) is 0.770. The summed E-state index contributed by atoms with van der Waals surface area (Å²) in [5.74, 6) is 0.555. The molecule has 1 aliphatic heterocycles. The van der Waals surface area contributed by atoms with Crippen LogP contribution in [0.25, 0.3) is 0 Å². The average molecular weight is 228 g/mol. The van der Waals surface area contributed by atoms with Crippen LogP contribution in [0.15, 0.2) is 12.1 Å². The third-order valence-corrected chi connectivity index (χ3v) is 2.68. The van der Waals surface area contributed by atoms with Gasteiger partial charge in [0.1, 0.15) is 6.10 Å². The smallest absolute Gasteiger partial charge is 0.233 e. The van der Waals surface area contributed by atoms with Gasteiger partial charge in [-0.15, -0.1) is 10.2 Å². The maximum atomic E-state index is 5.71. The van der Waals surface area contributed by atoms with Crippen molar-refractivity contribution in [2.24, 2.45) is 0 Å². The molecule has 4 nitrogen and oxygen atoms in total. The van der Waals surface area contributed by atoms with Crippen molar-refractivity contribution in [3.8, 4) is 5.88 Å². The monoisotopic (exact) mass is 227 g/mol. The largest absolute Gasteiger partial charge is 0.472 e. The van der Waals surface area contributed by atoms with Crippen LogP contribution in [0.5, 0.6) is 5.88 Å². The summed E-state index contributed by atoms with van der Waals surface area (Å²) in [6.45, 7) is 2.09. The number of likely N-dealkylation sites (N-methyl/N-ethyl adjacent to an activating group) is 1. The van der Waals surface area contributed by atoms with E-state index in [2.05, 4.69) is 22.1 Å². The van der Waals surface area contributed by atoms with E-state index in [0.29, 0.717) is 11.0 Å². The van der Waals surface area contributed by atoms with Gasteiger partial charge in [-0.1, -0.05) is 11.6 Å². The van der Waals surface area contributed by atoms with Gasteiger partial charge in [-0.05, 0) is 32.5 Å². The summed E-state index contributed by atoms with van der Waals surface area (Å²) in [4.78, 5) is 2.26. The zero-order valence-corrected chi connectivity index (χ0v) is 9.44. The van der Waals surface area contributed by atoms with E-state index in [0.717, 1.165) is 19.5 Å². The van der Waals surface area contributed by atoms with Gasteiger partial charge >= 0.3 is 0 Å². The minimum absolute atomic E-state index is 0.222. The Hall–Kier alpha value is -0.870. The third-order valence-electron chi connectivity index (χ3n) is 2.48. The van der Waals surface area contributed by atoms with Crippen LogP contribution in [0, 0.1) is 0 Å². The second kappa shape index (κ2) is 4.77. The number of halogens is 1. The number of hydrogen-bond donors (Lipinski definition) is 0. The zero-order chi connectivity index (χ0) is 10.7. The van der Waals surface area contributed by atoms with Crippen LogP contribution in [-0.2, 0) is 0 Å². The highest BCUT2D eigenvalue weighted by molar-refractivity contribution is 6.29. The highest BCUT2D eigenvalue weighted by Gasteiger charge is 2.18. The average Bonchev–Trinajstić information content (AvgIpc) is 2.22. The van der Waals surface area contributed by atoms with Crippen LogP contribution in [0.4, 0.5) is 0 Å². The molecular formula is C10H14ClN3O. The molecule has 0 N–H and O–H groups in total. The van der Waals surface area contributed by atoms with Gasteiger partial charge in [-0.25, -0.2) is 0 Å². The van der Waals surface area contributed by atoms with E-state index in [-0.39, 0.29) is 6.10 Å². The molecule has 1 fully saturated rings. The molecule has 0 bridgehead atoms. The lowest BCUT2D eigenvalue weighted by Crippen LogP contribution is -2.38. The number of likely N-dealkylation sites (tertiary alicyclic amines) is 1. The predicted octanol–water partition coefficient (Wildman–Crippen LogP) is 1.60. The molecule has 15 heavy (non-hydrogen) atoms. The second-order valence-electron chi connectivity index (χ2n) is 3.84. The molecule has 1 aromatic heterocycles. The number of piperidine rings is 1. The van der Waals surface area contributed by atoms with Crippen molar-refractivity contribution in [1.29, 1.82) is 0 Å². The first-order valence-electron chi connectivity index (χ1n) is 5.08. The molecule has 0 saturated carbocycles. The Bertz CT molecular complexity index is 317. The Morgan fingerprint density at radius 2 is 2.33 bits per heavy atom. The van der Waals surface area contributed by atoms with E-state index in [1.54, 1.807) is 12.1 Å². The molecule has 2 rings (SSSR count). The Balaban J connectivity index is 1.93. The number of hydrogen-bond acceptors (Lipinski definition) is 4. The van der Waals surface area contributed by atoms with Gasteiger partial charge in [0.05, 0.1) is 0 Å². The van der Waals surface area contributed by atoms with Gasteiger partial charge < -0.3 is 9.64 Å². The van der Waals surface area contributed by atoms with Crippen molar-refractivity contribution in [3.05, 3.63) is 17.3 Å². The first-order chi connectivity index (χ1) is 7.24. The molecule has 1 aromatic rings. The normalized spacial score (nSPS) is 22.7. The fourth-order valence-corrected chi connectivity index (χ4v) is 1.85. The van der Waals surface area contributed by atoms with Crippen molar-refractivity contribution in [1.82, 2.24) is 15.1 Å². The van der Waals surface area contributed by atoms with Gasteiger partial charge in [-0.3, -0.25) is 0 Å². The number of aromatic nitrogens is 2. The van der Waals surface area contributed by atoms with Gasteiger partial charge in [-0.2, -0.15) is 0 Å². The lowest BCUT2D eigenvalue weighted by atomic mass is 10.1. The standard InChI is InChI=1S/C10H14ClN3O/c1-14-6-2-3-8(7-14)15-10-5-4-9(11)12-13-10/h4-5,8H,2-3,6-7H2,1H3. The summed E-state index contributed by atoms with van der Waals surface area (Å²) in [5.41, 5.74) is 0. The van der Waals surface area contributed by atoms with E-state index >= 15 is 0 Å². The maximum absolute atomic E-state index is 5.71. The first-order valence-corrected chi connectivity index (χ1v) is 5.46. The van der Waals surface area contributed by atoms with Crippen LogP contribution < -0.4 is 4.74 Å². The van der Waals surface area contributed by atoms with E-state index in [1.165, 1.54) is 6.42 Å². The van der Waals surface area contributed by atoms with E-state index in [9.17, 15) is 0 Å². The Kier molecular flexibility index (Phi) is 3.38. The first kappa shape index (κ1) is 10.6. The highest BCUT2D eigenvalue weighted by atomic mass is 35.5. The highest BCUT2D eigenvalue weighted by Crippen LogP contribution is 2.15. The lowest BCUT2D eigenvalue weighted by Gasteiger charge is -2.29. The fourth-order valence-electron chi connectivity index (χ4n) is 1.75. The van der Waals surface area contributed by atoms with E-state index in [4.69, 9.17) is 16.3 Å². The third kappa shape index (κ3) is 3.04. The van der Waals surface area contributed by atoms with Crippen LogP contribution >= 0.6 is 11.6 Å². The summed E-state index contributed by atoms with van der Waals surface area (Å²) in [6.07, 6.45) is 2.47. The summed E-state index contributed by atoms with van der Waals surface area (Å²) in [5, 5.41) is 8.01. The van der Waals surface area contributed by atoms with Crippen LogP contribution in [0.3, 0.4) is 0 Å². The molecule has 0 radical (unpaired) electrons. The summed E-state index contributed by atoms with van der Waals surface area (Å²) >= 11 is 5.64. The van der Waals surface area contributed by atoms with E-state index in [1.807, 2.05) is 0 Å². The predicted molar refractivity (Wildman–Crippen MR) is 58.2 cm³/mol. The molecule has 0 amide bonds. The minimum atomic E-state index is 0.222. The van der Waals surface area contributed by atoms with Crippen molar-refractivity contribution < 1.29 is 4.74 Å². The van der Waals surface area contributed by atoms with Crippen molar-refractivity contribution in [3.63, 3.8) is 0 Å². The van der Waals surface area contributed by atoms with Gasteiger partial charge in [0.15, 0.2) is 5.15 Å². The van der Waals surface area contributed by atoms with Crippen molar-refractivity contribution >= 4 is 11.6 Å². The molecule has 1 saturated heterocycles. The molecule has 5 heteroatoms. The van der Waals surface area contributed by atoms with Crippen LogP contribution in [0.1, 0.15) is 12.8 Å². The number of ether oxygens (including phenoxy) is 1. The molecule has 82 valence electrons. The van der Waals surface area contributed by atoms with Crippen LogP contribution in [-0.4, -0.2) is 41.3 Å². The number of nitrogens with zero attached hydrogens (tertiary/aromatic N) is 3. The van der Waals surface area contributed by atoms with Crippen LogP contribution in [0.2, 0.25) is 5.15 Å². The molecule has 0 spiro atoms. The van der Waals surface area contributed by atoms with Gasteiger partial charge in [0.25, 0.3) is 0 Å². The van der Waals surface area contributed by atoms with Gasteiger partial charge in [0, 0.05) is 12.6 Å². The molecule has 2 heterocycles. The topological polar surface area (TPSA) is 38.2 Å². The molecule has 0 aliphatic carbocycles. The molecule has 1 atom stereocenters. The summed E-state index contributed by atoms with van der Waals surface area (Å²) in [6, 6.07) is 3.44. The SMILES string of the molecule is CN1CCCC(Oc2ccc(Cl)nn2)C1. The molecular weight excluding hydrogens is 214 g/mol. The molecule has 0 aromatic carbocycles. The Morgan fingerprint density at radius 3 is 3.00 bits per heavy atom. The summed E-state index contributed by atoms with van der Waals surface area (Å²) in [7, 11) is 2.10. The number of rotatable bonds is 2.